The molecule has 3 N–H and O–H groups in total. The van der Waals surface area contributed by atoms with Crippen molar-refractivity contribution >= 4 is 6.09 Å². The standard InChI is InChI=1S/C22H26F4N2O4/c1-20(2,3)32-19(29)27-11-22(31,18(25)26)15-10-14(21(4,5)30)16(24)17(28-15)12-6-8-13(23)9-7-12/h6-10,18,30-31H,11H2,1-5H3,(H,27,29). The van der Waals surface area contributed by atoms with Crippen LogP contribution in [0.4, 0.5) is 22.4 Å². The van der Waals surface area contributed by atoms with Crippen molar-refractivity contribution in [3.8, 4) is 11.3 Å². The van der Waals surface area contributed by atoms with Crippen LogP contribution >= 0.6 is 0 Å². The predicted molar refractivity (Wildman–Crippen MR) is 109 cm³/mol. The molecule has 0 bridgehead atoms. The van der Waals surface area contributed by atoms with Gasteiger partial charge < -0.3 is 20.3 Å². The minimum Gasteiger partial charge on any atom is -0.444 e. The van der Waals surface area contributed by atoms with Crippen molar-refractivity contribution < 1.29 is 37.3 Å². The van der Waals surface area contributed by atoms with E-state index in [0.717, 1.165) is 18.2 Å². The van der Waals surface area contributed by atoms with Crippen molar-refractivity contribution in [3.63, 3.8) is 0 Å². The van der Waals surface area contributed by atoms with Crippen LogP contribution in [0.2, 0.25) is 0 Å². The van der Waals surface area contributed by atoms with Gasteiger partial charge in [0.1, 0.15) is 17.1 Å². The van der Waals surface area contributed by atoms with Gasteiger partial charge in [-0.05, 0) is 65.0 Å². The first-order valence-electron chi connectivity index (χ1n) is 9.72. The molecule has 1 atom stereocenters. The van der Waals surface area contributed by atoms with Crippen LogP contribution in [0.5, 0.6) is 0 Å². The molecule has 0 radical (unpaired) electrons. The number of nitrogens with one attached hydrogen (secondary N) is 1. The summed E-state index contributed by atoms with van der Waals surface area (Å²) in [6, 6.07) is 5.22. The van der Waals surface area contributed by atoms with E-state index in [1.807, 2.05) is 0 Å². The average Bonchev–Trinajstić information content (AvgIpc) is 2.64. The number of rotatable bonds is 6. The van der Waals surface area contributed by atoms with Gasteiger partial charge >= 0.3 is 6.09 Å². The number of ether oxygens (including phenoxy) is 1. The SMILES string of the molecule is CC(C)(C)OC(=O)NCC(O)(c1cc(C(C)(C)O)c(F)c(-c2ccc(F)cc2)n1)C(F)F. The zero-order valence-corrected chi connectivity index (χ0v) is 18.3. The zero-order chi connectivity index (χ0) is 24.5. The fourth-order valence-electron chi connectivity index (χ4n) is 2.80. The molecule has 176 valence electrons. The monoisotopic (exact) mass is 458 g/mol. The summed E-state index contributed by atoms with van der Waals surface area (Å²) in [7, 11) is 0. The van der Waals surface area contributed by atoms with Crippen LogP contribution in [-0.4, -0.2) is 39.9 Å². The molecular formula is C22H26F4N2O4. The summed E-state index contributed by atoms with van der Waals surface area (Å²) in [4.78, 5) is 15.8. The molecule has 0 saturated carbocycles. The van der Waals surface area contributed by atoms with E-state index >= 15 is 4.39 Å². The Morgan fingerprint density at radius 3 is 2.12 bits per heavy atom. The van der Waals surface area contributed by atoms with Crippen LogP contribution in [0, 0.1) is 11.6 Å². The lowest BCUT2D eigenvalue weighted by Gasteiger charge is -2.30. The fourth-order valence-corrected chi connectivity index (χ4v) is 2.80. The largest absolute Gasteiger partial charge is 0.444 e. The van der Waals surface area contributed by atoms with Gasteiger partial charge in [0, 0.05) is 11.1 Å². The number of alkyl halides is 2. The highest BCUT2D eigenvalue weighted by Crippen LogP contribution is 2.35. The molecule has 32 heavy (non-hydrogen) atoms. The summed E-state index contributed by atoms with van der Waals surface area (Å²) in [5, 5.41) is 23.2. The summed E-state index contributed by atoms with van der Waals surface area (Å²) in [6.45, 7) is 6.15. The number of carbonyl (C=O) groups excluding carboxylic acids is 1. The van der Waals surface area contributed by atoms with Gasteiger partial charge in [-0.2, -0.15) is 0 Å². The van der Waals surface area contributed by atoms with E-state index in [-0.39, 0.29) is 5.56 Å². The number of hydrogen-bond acceptors (Lipinski definition) is 5. The second-order valence-corrected chi connectivity index (χ2v) is 8.86. The lowest BCUT2D eigenvalue weighted by molar-refractivity contribution is -0.102. The number of benzene rings is 1. The molecule has 0 aliphatic rings. The average molecular weight is 458 g/mol. The maximum absolute atomic E-state index is 15.1. The lowest BCUT2D eigenvalue weighted by atomic mass is 9.90. The maximum Gasteiger partial charge on any atom is 0.407 e. The van der Waals surface area contributed by atoms with E-state index < -0.39 is 64.5 Å². The molecule has 2 aromatic rings. The van der Waals surface area contributed by atoms with Gasteiger partial charge in [-0.25, -0.2) is 27.3 Å². The van der Waals surface area contributed by atoms with E-state index in [1.165, 1.54) is 26.0 Å². The van der Waals surface area contributed by atoms with Gasteiger partial charge in [0.2, 0.25) is 0 Å². The summed E-state index contributed by atoms with van der Waals surface area (Å²) in [5.41, 5.74) is -7.34. The Labute approximate surface area is 183 Å². The number of pyridine rings is 1. The van der Waals surface area contributed by atoms with E-state index in [1.54, 1.807) is 20.8 Å². The number of hydrogen-bond donors (Lipinski definition) is 3. The number of aromatic nitrogens is 1. The Morgan fingerprint density at radius 1 is 1.09 bits per heavy atom. The lowest BCUT2D eigenvalue weighted by Crippen LogP contribution is -2.47. The molecule has 0 saturated heterocycles. The van der Waals surface area contributed by atoms with Crippen LogP contribution in [-0.2, 0) is 15.9 Å². The van der Waals surface area contributed by atoms with Gasteiger partial charge in [0.25, 0.3) is 6.43 Å². The minimum atomic E-state index is -3.45. The van der Waals surface area contributed by atoms with Crippen LogP contribution in [0.15, 0.2) is 30.3 Å². The van der Waals surface area contributed by atoms with Crippen molar-refractivity contribution in [1.29, 1.82) is 0 Å². The van der Waals surface area contributed by atoms with Gasteiger partial charge in [-0.3, -0.25) is 0 Å². The minimum absolute atomic E-state index is 0.0352. The second-order valence-electron chi connectivity index (χ2n) is 8.86. The first-order chi connectivity index (χ1) is 14.5. The summed E-state index contributed by atoms with van der Waals surface area (Å²) in [5.74, 6) is -1.64. The Kier molecular flexibility index (Phi) is 7.21. The van der Waals surface area contributed by atoms with Crippen molar-refractivity contribution in [2.24, 2.45) is 0 Å². The van der Waals surface area contributed by atoms with Crippen molar-refractivity contribution in [2.75, 3.05) is 6.54 Å². The number of nitrogens with zero attached hydrogens (tertiary/aromatic N) is 1. The highest BCUT2D eigenvalue weighted by Gasteiger charge is 2.43. The number of amides is 1. The predicted octanol–water partition coefficient (Wildman–Crippen LogP) is 4.23. The molecule has 1 amide bonds. The van der Waals surface area contributed by atoms with Crippen molar-refractivity contribution in [2.45, 2.75) is 57.8 Å². The topological polar surface area (TPSA) is 91.7 Å². The first-order valence-corrected chi connectivity index (χ1v) is 9.72. The van der Waals surface area contributed by atoms with E-state index in [4.69, 9.17) is 4.74 Å². The highest BCUT2D eigenvalue weighted by molar-refractivity contribution is 5.68. The Bertz CT molecular complexity index is 970. The molecule has 1 aromatic carbocycles. The quantitative estimate of drug-likeness (QED) is 0.564. The Balaban J connectivity index is 2.59. The summed E-state index contributed by atoms with van der Waals surface area (Å²) < 4.78 is 61.4. The van der Waals surface area contributed by atoms with Gasteiger partial charge in [-0.1, -0.05) is 0 Å². The third kappa shape index (κ3) is 5.95. The zero-order valence-electron chi connectivity index (χ0n) is 18.3. The molecule has 6 nitrogen and oxygen atoms in total. The fraction of sp³-hybridized carbons (Fsp3) is 0.455. The van der Waals surface area contributed by atoms with Gasteiger partial charge in [0.15, 0.2) is 11.4 Å². The molecule has 0 spiro atoms. The van der Waals surface area contributed by atoms with Gasteiger partial charge in [-0.15, -0.1) is 0 Å². The van der Waals surface area contributed by atoms with Crippen molar-refractivity contribution in [1.82, 2.24) is 10.3 Å². The number of aliphatic hydroxyl groups is 2. The molecule has 0 aliphatic carbocycles. The normalized spacial score (nSPS) is 14.2. The van der Waals surface area contributed by atoms with Crippen molar-refractivity contribution in [3.05, 3.63) is 53.2 Å². The molecule has 1 heterocycles. The molecular weight excluding hydrogens is 432 g/mol. The third-order valence-corrected chi connectivity index (χ3v) is 4.44. The molecule has 0 fully saturated rings. The third-order valence-electron chi connectivity index (χ3n) is 4.44. The molecule has 0 aliphatic heterocycles. The summed E-state index contributed by atoms with van der Waals surface area (Å²) >= 11 is 0. The first kappa shape index (κ1) is 25.5. The van der Waals surface area contributed by atoms with Gasteiger partial charge in [0.05, 0.1) is 17.8 Å². The molecule has 1 unspecified atom stereocenters. The molecule has 10 heteroatoms. The number of carbonyl (C=O) groups is 1. The Morgan fingerprint density at radius 2 is 1.66 bits per heavy atom. The number of alkyl carbamates (subject to hydrolysis) is 1. The molecule has 1 aromatic heterocycles. The Hall–Kier alpha value is -2.72. The van der Waals surface area contributed by atoms with E-state index in [0.29, 0.717) is 0 Å². The number of halogens is 4. The maximum atomic E-state index is 15.1. The second kappa shape index (κ2) is 9.03. The summed E-state index contributed by atoms with van der Waals surface area (Å²) in [6.07, 6.45) is -4.51. The van der Waals surface area contributed by atoms with E-state index in [2.05, 4.69) is 10.3 Å². The van der Waals surface area contributed by atoms with Crippen LogP contribution in [0.3, 0.4) is 0 Å². The molecule has 2 rings (SSSR count). The van der Waals surface area contributed by atoms with Crippen LogP contribution < -0.4 is 5.32 Å². The smallest absolute Gasteiger partial charge is 0.407 e. The highest BCUT2D eigenvalue weighted by atomic mass is 19.3. The van der Waals surface area contributed by atoms with E-state index in [9.17, 15) is 28.2 Å². The van der Waals surface area contributed by atoms with Crippen LogP contribution in [0.25, 0.3) is 11.3 Å². The van der Waals surface area contributed by atoms with Crippen LogP contribution in [0.1, 0.15) is 45.9 Å².